The summed E-state index contributed by atoms with van der Waals surface area (Å²) < 4.78 is 7.36. The first-order valence-electron chi connectivity index (χ1n) is 12.8. The molecule has 1 aliphatic heterocycles. The molecule has 1 aromatic heterocycles. The molecule has 0 amide bonds. The summed E-state index contributed by atoms with van der Waals surface area (Å²) in [6.45, 7) is 19.0. The minimum atomic E-state index is -2.42. The second-order valence-electron chi connectivity index (χ2n) is 11.7. The summed E-state index contributed by atoms with van der Waals surface area (Å²) in [6, 6.07) is 6.32. The summed E-state index contributed by atoms with van der Waals surface area (Å²) in [5.41, 5.74) is 3.66. The molecular formula is C28H44ClNOSi. The number of nitrogens with zero attached hydrogens (tertiary/aromatic N) is 1. The number of rotatable bonds is 8. The van der Waals surface area contributed by atoms with Gasteiger partial charge in [0.25, 0.3) is 0 Å². The highest BCUT2D eigenvalue weighted by atomic mass is 35.5. The van der Waals surface area contributed by atoms with Crippen LogP contribution in [0.25, 0.3) is 10.9 Å². The van der Waals surface area contributed by atoms with Crippen LogP contribution in [0.3, 0.4) is 0 Å². The first-order chi connectivity index (χ1) is 15.0. The predicted molar refractivity (Wildman–Crippen MR) is 143 cm³/mol. The molecule has 0 spiro atoms. The van der Waals surface area contributed by atoms with E-state index in [1.165, 1.54) is 53.9 Å². The molecule has 0 N–H and O–H groups in total. The molecule has 3 rings (SSSR count). The molecule has 32 heavy (non-hydrogen) atoms. The minimum Gasteiger partial charge on any atom is -0.403 e. The van der Waals surface area contributed by atoms with Gasteiger partial charge >= 0.3 is 0 Å². The minimum absolute atomic E-state index is 0.0626. The third kappa shape index (κ3) is 4.42. The molecule has 1 aromatic carbocycles. The van der Waals surface area contributed by atoms with Crippen LogP contribution in [0.15, 0.2) is 18.2 Å². The Morgan fingerprint density at radius 2 is 1.59 bits per heavy atom. The Balaban J connectivity index is 2.36. The van der Waals surface area contributed by atoms with Crippen molar-refractivity contribution in [3.63, 3.8) is 0 Å². The zero-order valence-electron chi connectivity index (χ0n) is 21.7. The molecule has 2 heterocycles. The van der Waals surface area contributed by atoms with Crippen LogP contribution >= 0.6 is 11.6 Å². The predicted octanol–water partition coefficient (Wildman–Crippen LogP) is 9.03. The molecule has 1 atom stereocenters. The molecule has 0 fully saturated rings. The molecule has 2 nitrogen and oxygen atoms in total. The number of aryl methyl sites for hydroxylation is 1. The number of para-hydroxylation sites is 1. The molecular weight excluding hydrogens is 430 g/mol. The molecule has 2 aromatic rings. The lowest BCUT2D eigenvalue weighted by Gasteiger charge is -2.49. The van der Waals surface area contributed by atoms with Crippen molar-refractivity contribution in [3.8, 4) is 0 Å². The summed E-state index contributed by atoms with van der Waals surface area (Å²) in [6.07, 6.45) is 9.60. The van der Waals surface area contributed by atoms with Crippen LogP contribution in [-0.4, -0.2) is 13.3 Å². The SMILES string of the molecule is CCCCCCc1c2c(nc3c(Cl)cccc13)C(CCCC)O[Si]2(C(C)(C)C)C(C)(C)C. The van der Waals surface area contributed by atoms with Gasteiger partial charge in [0.15, 0.2) is 0 Å². The van der Waals surface area contributed by atoms with E-state index in [9.17, 15) is 0 Å². The van der Waals surface area contributed by atoms with E-state index in [1.54, 1.807) is 0 Å². The van der Waals surface area contributed by atoms with Gasteiger partial charge in [-0.1, -0.05) is 111 Å². The second kappa shape index (κ2) is 9.76. The quantitative estimate of drug-likeness (QED) is 0.281. The summed E-state index contributed by atoms with van der Waals surface area (Å²) in [5.74, 6) is 0. The Bertz CT molecular complexity index is 927. The maximum atomic E-state index is 7.36. The van der Waals surface area contributed by atoms with Gasteiger partial charge in [-0.25, -0.2) is 4.98 Å². The van der Waals surface area contributed by atoms with Crippen molar-refractivity contribution in [2.24, 2.45) is 0 Å². The lowest BCUT2D eigenvalue weighted by molar-refractivity contribution is 0.171. The van der Waals surface area contributed by atoms with Gasteiger partial charge in [0.05, 0.1) is 22.3 Å². The smallest absolute Gasteiger partial charge is 0.237 e. The molecule has 1 aliphatic rings. The number of halogens is 1. The van der Waals surface area contributed by atoms with E-state index in [4.69, 9.17) is 21.0 Å². The summed E-state index contributed by atoms with van der Waals surface area (Å²) in [4.78, 5) is 5.29. The van der Waals surface area contributed by atoms with E-state index in [0.29, 0.717) is 0 Å². The zero-order valence-corrected chi connectivity index (χ0v) is 23.5. The van der Waals surface area contributed by atoms with Crippen molar-refractivity contribution in [3.05, 3.63) is 34.5 Å². The number of unbranched alkanes of at least 4 members (excludes halogenated alkanes) is 4. The van der Waals surface area contributed by atoms with Crippen molar-refractivity contribution in [2.45, 2.75) is 123 Å². The standard InChI is InChI=1S/C28H44ClNOSi/c1-9-11-13-14-16-21-20-17-15-18-22(29)24(20)30-25-23(19-12-10-2)31-32(26(21)25,27(3,4)5)28(6,7)8/h15,17-18,23H,9-14,16,19H2,1-8H3. The van der Waals surface area contributed by atoms with E-state index < -0.39 is 8.32 Å². The molecule has 4 heteroatoms. The van der Waals surface area contributed by atoms with E-state index in [0.717, 1.165) is 29.8 Å². The van der Waals surface area contributed by atoms with Crippen LogP contribution in [0, 0.1) is 0 Å². The van der Waals surface area contributed by atoms with Crippen molar-refractivity contribution in [2.75, 3.05) is 0 Å². The maximum Gasteiger partial charge on any atom is 0.237 e. The highest BCUT2D eigenvalue weighted by Crippen LogP contribution is 2.57. The van der Waals surface area contributed by atoms with Crippen molar-refractivity contribution >= 4 is 36.0 Å². The van der Waals surface area contributed by atoms with Crippen LogP contribution in [0.5, 0.6) is 0 Å². The highest BCUT2D eigenvalue weighted by Gasteiger charge is 2.63. The number of hydrogen-bond donors (Lipinski definition) is 0. The lowest BCUT2D eigenvalue weighted by Crippen LogP contribution is -2.62. The van der Waals surface area contributed by atoms with E-state index >= 15 is 0 Å². The van der Waals surface area contributed by atoms with Gasteiger partial charge in [0.1, 0.15) is 0 Å². The van der Waals surface area contributed by atoms with Crippen molar-refractivity contribution in [1.29, 1.82) is 0 Å². The zero-order chi connectivity index (χ0) is 23.7. The largest absolute Gasteiger partial charge is 0.403 e. The lowest BCUT2D eigenvalue weighted by atomic mass is 9.98. The normalized spacial score (nSPS) is 18.3. The number of benzene rings is 1. The number of pyridine rings is 1. The maximum absolute atomic E-state index is 7.36. The molecule has 178 valence electrons. The molecule has 0 saturated carbocycles. The fraction of sp³-hybridized carbons (Fsp3) is 0.679. The third-order valence-corrected chi connectivity index (χ3v) is 13.7. The van der Waals surface area contributed by atoms with Gasteiger partial charge in [-0.3, -0.25) is 0 Å². The van der Waals surface area contributed by atoms with Gasteiger partial charge in [0.2, 0.25) is 8.32 Å². The molecule has 0 bridgehead atoms. The fourth-order valence-electron chi connectivity index (χ4n) is 6.09. The second-order valence-corrected chi connectivity index (χ2v) is 17.2. The van der Waals surface area contributed by atoms with Crippen LogP contribution in [0.2, 0.25) is 15.1 Å². The van der Waals surface area contributed by atoms with Crippen LogP contribution in [0.4, 0.5) is 0 Å². The summed E-state index contributed by atoms with van der Waals surface area (Å²) >= 11 is 6.73. The van der Waals surface area contributed by atoms with Crippen molar-refractivity contribution < 1.29 is 4.43 Å². The Hall–Kier alpha value is -0.903. The van der Waals surface area contributed by atoms with Crippen LogP contribution in [-0.2, 0) is 10.8 Å². The van der Waals surface area contributed by atoms with E-state index in [2.05, 4.69) is 67.5 Å². The Morgan fingerprint density at radius 1 is 0.938 bits per heavy atom. The van der Waals surface area contributed by atoms with Gasteiger partial charge in [0, 0.05) is 5.39 Å². The van der Waals surface area contributed by atoms with Gasteiger partial charge < -0.3 is 4.43 Å². The van der Waals surface area contributed by atoms with Crippen LogP contribution < -0.4 is 5.19 Å². The monoisotopic (exact) mass is 473 g/mol. The summed E-state index contributed by atoms with van der Waals surface area (Å²) in [5, 5.41) is 3.64. The fourth-order valence-corrected chi connectivity index (χ4v) is 12.8. The Labute approximate surface area is 202 Å². The molecule has 0 radical (unpaired) electrons. The van der Waals surface area contributed by atoms with E-state index in [1.807, 2.05) is 6.07 Å². The van der Waals surface area contributed by atoms with Gasteiger partial charge in [-0.05, 0) is 46.2 Å². The third-order valence-electron chi connectivity index (χ3n) is 7.29. The average Bonchev–Trinajstić information content (AvgIpc) is 3.05. The number of fused-ring (bicyclic) bond motifs is 2. The Morgan fingerprint density at radius 3 is 2.19 bits per heavy atom. The summed E-state index contributed by atoms with van der Waals surface area (Å²) in [7, 11) is -2.42. The number of aromatic nitrogens is 1. The first-order valence-corrected chi connectivity index (χ1v) is 15.1. The topological polar surface area (TPSA) is 22.1 Å². The van der Waals surface area contributed by atoms with Gasteiger partial charge in [-0.15, -0.1) is 0 Å². The Kier molecular flexibility index (Phi) is 7.84. The van der Waals surface area contributed by atoms with Crippen molar-refractivity contribution in [1.82, 2.24) is 4.98 Å². The molecule has 1 unspecified atom stereocenters. The average molecular weight is 474 g/mol. The van der Waals surface area contributed by atoms with Gasteiger partial charge in [-0.2, -0.15) is 0 Å². The van der Waals surface area contributed by atoms with E-state index in [-0.39, 0.29) is 16.2 Å². The van der Waals surface area contributed by atoms with Crippen LogP contribution in [0.1, 0.15) is 118 Å². The number of hydrogen-bond acceptors (Lipinski definition) is 2. The first kappa shape index (κ1) is 25.7. The molecule has 0 aliphatic carbocycles. The highest BCUT2D eigenvalue weighted by molar-refractivity contribution is 6.92. The molecule has 0 saturated heterocycles.